The van der Waals surface area contributed by atoms with Crippen LogP contribution in [0.15, 0.2) is 30.5 Å². The van der Waals surface area contributed by atoms with Gasteiger partial charge in [0.25, 0.3) is 0 Å². The van der Waals surface area contributed by atoms with Gasteiger partial charge in [0.05, 0.1) is 24.6 Å². The van der Waals surface area contributed by atoms with Crippen molar-refractivity contribution in [1.82, 2.24) is 9.88 Å². The van der Waals surface area contributed by atoms with Crippen molar-refractivity contribution >= 4 is 28.6 Å². The molecule has 1 aromatic carbocycles. The third-order valence-corrected chi connectivity index (χ3v) is 7.87. The van der Waals surface area contributed by atoms with Crippen LogP contribution in [0.1, 0.15) is 57.1 Å². The molecule has 0 radical (unpaired) electrons. The molecule has 33 heavy (non-hydrogen) atoms. The van der Waals surface area contributed by atoms with Crippen LogP contribution >= 0.6 is 11.8 Å². The van der Waals surface area contributed by atoms with Gasteiger partial charge in [-0.2, -0.15) is 11.8 Å². The highest BCUT2D eigenvalue weighted by Crippen LogP contribution is 2.33. The summed E-state index contributed by atoms with van der Waals surface area (Å²) >= 11 is 2.00. The Kier molecular flexibility index (Phi) is 10.3. The summed E-state index contributed by atoms with van der Waals surface area (Å²) in [6.07, 6.45) is 6.79. The number of methoxy groups -OCH3 is 1. The monoisotopic (exact) mass is 474 g/mol. The highest BCUT2D eigenvalue weighted by atomic mass is 32.2. The standard InChI is InChI=1S/C26H38N2O4S/c1-3-4-15-33-16-5-13-28-14-11-19(23(18-28)26(30)31)6-9-25(29)21-10-12-27-24-8-7-20(32-2)17-22(21)24/h7-8,10,12,17,19,23,25,29H,3-6,9,11,13-16,18H2,1-2H3,(H,30,31)/t19-,23+,25-/m1/s1. The largest absolute Gasteiger partial charge is 0.497 e. The van der Waals surface area contributed by atoms with Crippen molar-refractivity contribution in [3.63, 3.8) is 0 Å². The molecule has 0 saturated carbocycles. The highest BCUT2D eigenvalue weighted by molar-refractivity contribution is 7.99. The van der Waals surface area contributed by atoms with E-state index in [-0.39, 0.29) is 11.8 Å². The number of likely N-dealkylation sites (tertiary alicyclic amines) is 1. The smallest absolute Gasteiger partial charge is 0.308 e. The fourth-order valence-corrected chi connectivity index (χ4v) is 5.76. The lowest BCUT2D eigenvalue weighted by atomic mass is 9.81. The van der Waals surface area contributed by atoms with Crippen LogP contribution < -0.4 is 4.74 Å². The maximum Gasteiger partial charge on any atom is 0.308 e. The fourth-order valence-electron chi connectivity index (χ4n) is 4.73. The van der Waals surface area contributed by atoms with Gasteiger partial charge in [-0.05, 0) is 92.4 Å². The maximum atomic E-state index is 12.0. The normalized spacial score (nSPS) is 20.1. The zero-order valence-corrected chi connectivity index (χ0v) is 20.7. The van der Waals surface area contributed by atoms with Gasteiger partial charge in [-0.15, -0.1) is 0 Å². The molecule has 3 rings (SSSR count). The number of pyridine rings is 1. The van der Waals surface area contributed by atoms with Crippen LogP contribution in [0.3, 0.4) is 0 Å². The molecule has 0 bridgehead atoms. The SMILES string of the molecule is CCCCSCCCN1CC[C@@H](CC[C@@H](O)c2ccnc3ccc(OC)cc23)[C@@H](C(=O)O)C1. The second-order valence-electron chi connectivity index (χ2n) is 8.99. The van der Waals surface area contributed by atoms with Crippen LogP contribution in [-0.4, -0.2) is 64.3 Å². The topological polar surface area (TPSA) is 82.9 Å². The number of hydrogen-bond donors (Lipinski definition) is 2. The Morgan fingerprint density at radius 1 is 1.30 bits per heavy atom. The van der Waals surface area contributed by atoms with E-state index in [9.17, 15) is 15.0 Å². The minimum Gasteiger partial charge on any atom is -0.497 e. The molecule has 7 heteroatoms. The fraction of sp³-hybridized carbons (Fsp3) is 0.615. The number of aliphatic hydroxyl groups is 1. The van der Waals surface area contributed by atoms with Crippen molar-refractivity contribution in [2.45, 2.75) is 51.6 Å². The zero-order chi connectivity index (χ0) is 23.6. The Balaban J connectivity index is 1.54. The van der Waals surface area contributed by atoms with Gasteiger partial charge in [0.15, 0.2) is 0 Å². The lowest BCUT2D eigenvalue weighted by Gasteiger charge is -2.37. The van der Waals surface area contributed by atoms with E-state index < -0.39 is 12.1 Å². The minimum atomic E-state index is -0.712. The van der Waals surface area contributed by atoms with Crippen molar-refractivity contribution in [3.8, 4) is 5.75 Å². The summed E-state index contributed by atoms with van der Waals surface area (Å²) in [4.78, 5) is 18.7. The molecule has 1 saturated heterocycles. The molecule has 2 N–H and O–H groups in total. The van der Waals surface area contributed by atoms with Crippen molar-refractivity contribution in [1.29, 1.82) is 0 Å². The summed E-state index contributed by atoms with van der Waals surface area (Å²) in [6, 6.07) is 7.51. The number of ether oxygens (including phenoxy) is 1. The minimum absolute atomic E-state index is 0.0926. The van der Waals surface area contributed by atoms with E-state index in [0.717, 1.165) is 53.9 Å². The molecule has 0 amide bonds. The molecular formula is C26H38N2O4S. The number of carbonyl (C=O) groups is 1. The number of fused-ring (bicyclic) bond motifs is 1. The van der Waals surface area contributed by atoms with Crippen molar-refractivity contribution in [2.75, 3.05) is 38.2 Å². The molecule has 0 spiro atoms. The molecule has 182 valence electrons. The molecule has 1 aliphatic rings. The molecule has 1 fully saturated rings. The molecule has 2 aromatic rings. The van der Waals surface area contributed by atoms with Crippen LogP contribution in [0.5, 0.6) is 5.75 Å². The molecule has 1 aromatic heterocycles. The molecule has 3 atom stereocenters. The number of carboxylic acid groups (broad SMARTS) is 1. The maximum absolute atomic E-state index is 12.0. The summed E-state index contributed by atoms with van der Waals surface area (Å²) in [6.45, 7) is 4.75. The number of nitrogens with zero attached hydrogens (tertiary/aromatic N) is 2. The van der Waals surface area contributed by atoms with Gasteiger partial charge in [0.1, 0.15) is 5.75 Å². The van der Waals surface area contributed by atoms with Crippen LogP contribution in [0.25, 0.3) is 10.9 Å². The summed E-state index contributed by atoms with van der Waals surface area (Å²) in [5, 5.41) is 21.7. The number of aliphatic carboxylic acids is 1. The number of rotatable bonds is 13. The lowest BCUT2D eigenvalue weighted by molar-refractivity contribution is -0.146. The Hall–Kier alpha value is -1.83. The van der Waals surface area contributed by atoms with Gasteiger partial charge in [0, 0.05) is 18.1 Å². The van der Waals surface area contributed by atoms with E-state index in [2.05, 4.69) is 16.8 Å². The number of piperidine rings is 1. The van der Waals surface area contributed by atoms with E-state index >= 15 is 0 Å². The average Bonchev–Trinajstić information content (AvgIpc) is 2.84. The van der Waals surface area contributed by atoms with E-state index in [4.69, 9.17) is 4.74 Å². The first-order chi connectivity index (χ1) is 16.0. The number of hydrogen-bond acceptors (Lipinski definition) is 6. The van der Waals surface area contributed by atoms with Crippen LogP contribution in [0.4, 0.5) is 0 Å². The van der Waals surface area contributed by atoms with Crippen LogP contribution in [0, 0.1) is 11.8 Å². The van der Waals surface area contributed by atoms with E-state index in [1.54, 1.807) is 13.3 Å². The quantitative estimate of drug-likeness (QED) is 0.395. The average molecular weight is 475 g/mol. The lowest BCUT2D eigenvalue weighted by Crippen LogP contribution is -2.44. The van der Waals surface area contributed by atoms with E-state index in [0.29, 0.717) is 19.4 Å². The molecule has 1 aliphatic heterocycles. The van der Waals surface area contributed by atoms with Gasteiger partial charge in [-0.1, -0.05) is 13.3 Å². The molecule has 0 unspecified atom stereocenters. The van der Waals surface area contributed by atoms with Gasteiger partial charge in [0.2, 0.25) is 0 Å². The predicted octanol–water partition coefficient (Wildman–Crippen LogP) is 5.00. The number of carboxylic acids is 1. The third-order valence-electron chi connectivity index (χ3n) is 6.71. The van der Waals surface area contributed by atoms with Crippen molar-refractivity contribution in [3.05, 3.63) is 36.0 Å². The summed E-state index contributed by atoms with van der Waals surface area (Å²) in [7, 11) is 1.62. The summed E-state index contributed by atoms with van der Waals surface area (Å²) < 4.78 is 5.33. The van der Waals surface area contributed by atoms with E-state index in [1.165, 1.54) is 18.6 Å². The summed E-state index contributed by atoms with van der Waals surface area (Å²) in [5.41, 5.74) is 1.64. The first-order valence-corrected chi connectivity index (χ1v) is 13.3. The number of thioether (sulfide) groups is 1. The van der Waals surface area contributed by atoms with Gasteiger partial charge in [-0.25, -0.2) is 0 Å². The third kappa shape index (κ3) is 7.33. The van der Waals surface area contributed by atoms with E-state index in [1.807, 2.05) is 36.0 Å². The van der Waals surface area contributed by atoms with Crippen LogP contribution in [0.2, 0.25) is 0 Å². The number of benzene rings is 1. The van der Waals surface area contributed by atoms with Crippen molar-refractivity contribution in [2.24, 2.45) is 11.8 Å². The second-order valence-corrected chi connectivity index (χ2v) is 10.2. The first kappa shape index (κ1) is 25.8. The highest BCUT2D eigenvalue weighted by Gasteiger charge is 2.34. The Labute approximate surface area is 201 Å². The van der Waals surface area contributed by atoms with Gasteiger partial charge >= 0.3 is 5.97 Å². The number of unbranched alkanes of at least 4 members (excludes halogenated alkanes) is 1. The number of aromatic nitrogens is 1. The Bertz CT molecular complexity index is 894. The molecule has 6 nitrogen and oxygen atoms in total. The molecule has 0 aliphatic carbocycles. The van der Waals surface area contributed by atoms with Gasteiger partial charge < -0.3 is 19.8 Å². The van der Waals surface area contributed by atoms with Crippen LogP contribution in [-0.2, 0) is 4.79 Å². The second kappa shape index (κ2) is 13.2. The van der Waals surface area contributed by atoms with Crippen molar-refractivity contribution < 1.29 is 19.7 Å². The van der Waals surface area contributed by atoms with Gasteiger partial charge in [-0.3, -0.25) is 9.78 Å². The molecular weight excluding hydrogens is 436 g/mol. The number of aliphatic hydroxyl groups excluding tert-OH is 1. The zero-order valence-electron chi connectivity index (χ0n) is 19.9. The Morgan fingerprint density at radius 2 is 2.12 bits per heavy atom. The first-order valence-electron chi connectivity index (χ1n) is 12.2. The molecule has 2 heterocycles. The summed E-state index contributed by atoms with van der Waals surface area (Å²) in [5.74, 6) is 2.11. The Morgan fingerprint density at radius 3 is 2.88 bits per heavy atom. The predicted molar refractivity (Wildman–Crippen MR) is 135 cm³/mol.